The minimum absolute atomic E-state index is 0.0985. The molecule has 8 nitrogen and oxygen atoms in total. The molecule has 2 rings (SSSR count). The molecule has 0 saturated carbocycles. The molecule has 28 heavy (non-hydrogen) atoms. The molecule has 2 heterocycles. The van der Waals surface area contributed by atoms with Crippen LogP contribution in [-0.4, -0.2) is 76.6 Å². The normalized spacial score (nSPS) is 39.9. The summed E-state index contributed by atoms with van der Waals surface area (Å²) in [4.78, 5) is 11.3. The van der Waals surface area contributed by atoms with E-state index in [2.05, 4.69) is 17.4 Å². The lowest BCUT2D eigenvalue weighted by Crippen LogP contribution is -2.65. The average molecular weight is 438 g/mol. The molecule has 2 fully saturated rings. The highest BCUT2D eigenvalue weighted by Gasteiger charge is 2.47. The molecule has 0 aromatic carbocycles. The zero-order valence-corrected chi connectivity index (χ0v) is 18.6. The van der Waals surface area contributed by atoms with Gasteiger partial charge in [0.15, 0.2) is 0 Å². The van der Waals surface area contributed by atoms with E-state index >= 15 is 0 Å². The monoisotopic (exact) mass is 437 g/mol. The number of halogens is 1. The SMILES string of the molecule is CSC1OC(C(CC(C)Cl)NCC2CCC(C)CCN2N)C(N)C(N=O)C1O. The predicted octanol–water partition coefficient (Wildman–Crippen LogP) is 1.24. The van der Waals surface area contributed by atoms with Crippen molar-refractivity contribution in [3.05, 3.63) is 4.91 Å². The molecular formula is C18H36ClN5O3S. The third kappa shape index (κ3) is 6.25. The van der Waals surface area contributed by atoms with Crippen molar-refractivity contribution >= 4 is 23.4 Å². The Bertz CT molecular complexity index is 492. The van der Waals surface area contributed by atoms with E-state index in [1.54, 1.807) is 0 Å². The summed E-state index contributed by atoms with van der Waals surface area (Å²) >= 11 is 7.64. The van der Waals surface area contributed by atoms with Crippen LogP contribution in [0.25, 0.3) is 0 Å². The highest BCUT2D eigenvalue weighted by atomic mass is 35.5. The maximum Gasteiger partial charge on any atom is 0.139 e. The first kappa shape index (κ1) is 24.3. The van der Waals surface area contributed by atoms with Gasteiger partial charge in [-0.2, -0.15) is 4.91 Å². The molecule has 164 valence electrons. The van der Waals surface area contributed by atoms with E-state index in [0.717, 1.165) is 25.8 Å². The Morgan fingerprint density at radius 1 is 1.43 bits per heavy atom. The van der Waals surface area contributed by atoms with Gasteiger partial charge in [0.05, 0.1) is 12.1 Å². The van der Waals surface area contributed by atoms with Crippen LogP contribution in [0.2, 0.25) is 0 Å². The Balaban J connectivity index is 2.09. The highest BCUT2D eigenvalue weighted by Crippen LogP contribution is 2.31. The van der Waals surface area contributed by atoms with Crippen molar-refractivity contribution in [1.29, 1.82) is 0 Å². The van der Waals surface area contributed by atoms with E-state index in [4.69, 9.17) is 27.9 Å². The molecule has 0 aromatic rings. The van der Waals surface area contributed by atoms with Crippen LogP contribution in [0.4, 0.5) is 0 Å². The molecule has 0 radical (unpaired) electrons. The lowest BCUT2D eigenvalue weighted by molar-refractivity contribution is -0.108. The van der Waals surface area contributed by atoms with E-state index in [0.29, 0.717) is 18.9 Å². The molecule has 0 spiro atoms. The van der Waals surface area contributed by atoms with Gasteiger partial charge in [0.25, 0.3) is 0 Å². The Kier molecular flexibility index (Phi) is 9.89. The van der Waals surface area contributed by atoms with Gasteiger partial charge in [0, 0.05) is 30.6 Å². The Hall–Kier alpha value is -0.0000000000000000763. The first-order valence-electron chi connectivity index (χ1n) is 10.1. The minimum atomic E-state index is -1.02. The van der Waals surface area contributed by atoms with Crippen LogP contribution in [0.3, 0.4) is 0 Å². The number of hydrogen-bond donors (Lipinski definition) is 4. The summed E-state index contributed by atoms with van der Waals surface area (Å²) in [5.74, 6) is 6.93. The summed E-state index contributed by atoms with van der Waals surface area (Å²) in [6.45, 7) is 5.75. The van der Waals surface area contributed by atoms with Gasteiger partial charge in [-0.1, -0.05) is 12.1 Å². The van der Waals surface area contributed by atoms with Crippen LogP contribution in [0.1, 0.15) is 39.5 Å². The van der Waals surface area contributed by atoms with Gasteiger partial charge in [-0.25, -0.2) is 5.01 Å². The van der Waals surface area contributed by atoms with Crippen molar-refractivity contribution < 1.29 is 9.84 Å². The molecule has 0 bridgehead atoms. The van der Waals surface area contributed by atoms with Crippen molar-refractivity contribution in [2.24, 2.45) is 22.7 Å². The quantitative estimate of drug-likeness (QED) is 0.254. The minimum Gasteiger partial charge on any atom is -0.387 e. The number of ether oxygens (including phenoxy) is 1. The van der Waals surface area contributed by atoms with Crippen LogP contribution in [0.15, 0.2) is 5.18 Å². The van der Waals surface area contributed by atoms with Crippen LogP contribution in [-0.2, 0) is 4.74 Å². The number of nitrogens with two attached hydrogens (primary N) is 2. The summed E-state index contributed by atoms with van der Waals surface area (Å²) in [5.41, 5.74) is 5.74. The molecule has 6 N–H and O–H groups in total. The van der Waals surface area contributed by atoms with Gasteiger partial charge in [-0.3, -0.25) is 5.84 Å². The number of nitrogens with one attached hydrogen (secondary N) is 1. The molecule has 10 heteroatoms. The molecule has 9 atom stereocenters. The molecule has 2 aliphatic rings. The zero-order valence-electron chi connectivity index (χ0n) is 17.0. The summed E-state index contributed by atoms with van der Waals surface area (Å²) in [7, 11) is 0. The van der Waals surface area contributed by atoms with Gasteiger partial charge < -0.3 is 20.9 Å². The fourth-order valence-corrected chi connectivity index (χ4v) is 5.00. The van der Waals surface area contributed by atoms with Crippen LogP contribution < -0.4 is 16.9 Å². The maximum absolute atomic E-state index is 11.3. The number of alkyl halides is 1. The highest BCUT2D eigenvalue weighted by molar-refractivity contribution is 7.99. The van der Waals surface area contributed by atoms with Crippen LogP contribution >= 0.6 is 23.4 Å². The fourth-order valence-electron chi connectivity index (χ4n) is 4.13. The second-order valence-electron chi connectivity index (χ2n) is 8.26. The number of nitroso groups, excluding NO2 is 1. The van der Waals surface area contributed by atoms with Gasteiger partial charge in [0.1, 0.15) is 17.6 Å². The fraction of sp³-hybridized carbons (Fsp3) is 1.00. The lowest BCUT2D eigenvalue weighted by Gasteiger charge is -2.44. The molecule has 0 amide bonds. The second-order valence-corrected chi connectivity index (χ2v) is 9.94. The maximum atomic E-state index is 11.3. The number of aliphatic hydroxyl groups excluding tert-OH is 1. The van der Waals surface area contributed by atoms with E-state index in [9.17, 15) is 10.0 Å². The van der Waals surface area contributed by atoms with E-state index in [1.165, 1.54) is 11.8 Å². The lowest BCUT2D eigenvalue weighted by atomic mass is 9.89. The molecule has 0 aromatic heterocycles. The van der Waals surface area contributed by atoms with E-state index in [-0.39, 0.29) is 17.5 Å². The summed E-state index contributed by atoms with van der Waals surface area (Å²) < 4.78 is 6.09. The molecule has 2 aliphatic heterocycles. The smallest absolute Gasteiger partial charge is 0.139 e. The Morgan fingerprint density at radius 3 is 2.75 bits per heavy atom. The summed E-state index contributed by atoms with van der Waals surface area (Å²) in [6.07, 6.45) is 4.23. The van der Waals surface area contributed by atoms with Crippen molar-refractivity contribution in [3.63, 3.8) is 0 Å². The summed E-state index contributed by atoms with van der Waals surface area (Å²) in [5, 5.41) is 18.8. The van der Waals surface area contributed by atoms with Crippen LogP contribution in [0, 0.1) is 10.8 Å². The second kappa shape index (κ2) is 11.4. The van der Waals surface area contributed by atoms with Gasteiger partial charge in [-0.05, 0) is 44.8 Å². The molecule has 2 saturated heterocycles. The zero-order chi connectivity index (χ0) is 20.8. The summed E-state index contributed by atoms with van der Waals surface area (Å²) in [6, 6.07) is -1.55. The van der Waals surface area contributed by atoms with E-state index in [1.807, 2.05) is 18.2 Å². The predicted molar refractivity (Wildman–Crippen MR) is 115 cm³/mol. The molecule has 9 unspecified atom stereocenters. The Morgan fingerprint density at radius 2 is 2.14 bits per heavy atom. The van der Waals surface area contributed by atoms with E-state index < -0.39 is 29.7 Å². The number of thioether (sulfide) groups is 1. The average Bonchev–Trinajstić information content (AvgIpc) is 2.81. The van der Waals surface area contributed by atoms with Crippen molar-refractivity contribution in [2.75, 3.05) is 19.3 Å². The third-order valence-corrected chi connectivity index (χ3v) is 7.01. The molecular weight excluding hydrogens is 402 g/mol. The first-order valence-corrected chi connectivity index (χ1v) is 11.8. The van der Waals surface area contributed by atoms with Gasteiger partial charge in [0.2, 0.25) is 0 Å². The van der Waals surface area contributed by atoms with Crippen molar-refractivity contribution in [2.45, 2.75) is 86.7 Å². The van der Waals surface area contributed by atoms with Crippen molar-refractivity contribution in [3.8, 4) is 0 Å². The number of nitrogens with zero attached hydrogens (tertiary/aromatic N) is 2. The van der Waals surface area contributed by atoms with Crippen LogP contribution in [0.5, 0.6) is 0 Å². The number of rotatable bonds is 8. The van der Waals surface area contributed by atoms with Gasteiger partial charge >= 0.3 is 0 Å². The standard InChI is InChI=1S/C18H36ClN5O3S/c1-10-4-5-12(24(21)7-6-10)9-22-13(8-11(2)19)17-14(20)15(23-26)16(25)18(27-17)28-3/h10-18,22,25H,4-9,20-21H2,1-3H3. The number of hydrazine groups is 1. The Labute approximate surface area is 177 Å². The number of hydrogen-bond acceptors (Lipinski definition) is 9. The molecule has 0 aliphatic carbocycles. The van der Waals surface area contributed by atoms with Gasteiger partial charge in [-0.15, -0.1) is 23.4 Å². The largest absolute Gasteiger partial charge is 0.387 e. The first-order chi connectivity index (χ1) is 13.3. The topological polar surface area (TPSA) is 126 Å². The van der Waals surface area contributed by atoms with Crippen molar-refractivity contribution in [1.82, 2.24) is 10.3 Å². The number of aliphatic hydroxyl groups is 1. The third-order valence-electron chi connectivity index (χ3n) is 5.98.